The Balaban J connectivity index is 2.01. The molecule has 1 amide bonds. The van der Waals surface area contributed by atoms with E-state index in [1.165, 1.54) is 11.0 Å². The second-order valence-electron chi connectivity index (χ2n) is 5.26. The molecule has 2 rings (SSSR count). The number of aliphatic hydroxyl groups is 1. The number of nitrogen functional groups attached to an aromatic ring is 1. The van der Waals surface area contributed by atoms with E-state index in [1.807, 2.05) is 13.8 Å². The number of hydrogen-bond donors (Lipinski definition) is 2. The minimum Gasteiger partial charge on any atom is -0.394 e. The molecule has 1 saturated heterocycles. The molecule has 1 aliphatic rings. The highest BCUT2D eigenvalue weighted by atomic mass is 16.5. The van der Waals surface area contributed by atoms with Gasteiger partial charge >= 0.3 is 0 Å². The molecular weight excluding hydrogens is 250 g/mol. The molecule has 0 bridgehead atoms. The van der Waals surface area contributed by atoms with Crippen molar-refractivity contribution in [2.45, 2.75) is 32.1 Å². The summed E-state index contributed by atoms with van der Waals surface area (Å²) in [6.45, 7) is 4.61. The van der Waals surface area contributed by atoms with Gasteiger partial charge in [0.2, 0.25) is 11.9 Å². The minimum absolute atomic E-state index is 0.0818. The number of aliphatic hydroxyl groups excluding tert-OH is 1. The molecule has 0 saturated carbocycles. The van der Waals surface area contributed by atoms with E-state index in [0.717, 1.165) is 0 Å². The second-order valence-corrected chi connectivity index (χ2v) is 5.26. The molecule has 0 radical (unpaired) electrons. The van der Waals surface area contributed by atoms with Crippen LogP contribution in [0.25, 0.3) is 0 Å². The number of hydrogen-bond acceptors (Lipinski definition) is 6. The summed E-state index contributed by atoms with van der Waals surface area (Å²) < 4.78 is 7.06. The van der Waals surface area contributed by atoms with Gasteiger partial charge in [0.1, 0.15) is 12.9 Å². The number of rotatable bonds is 3. The summed E-state index contributed by atoms with van der Waals surface area (Å²) in [7, 11) is 0. The molecule has 0 spiro atoms. The van der Waals surface area contributed by atoms with Crippen LogP contribution < -0.4 is 5.73 Å². The van der Waals surface area contributed by atoms with Crippen LogP contribution in [0.15, 0.2) is 6.33 Å². The average molecular weight is 269 g/mol. The van der Waals surface area contributed by atoms with Crippen molar-refractivity contribution in [1.82, 2.24) is 19.7 Å². The van der Waals surface area contributed by atoms with Crippen molar-refractivity contribution in [2.75, 3.05) is 25.4 Å². The Hall–Kier alpha value is -1.67. The van der Waals surface area contributed by atoms with E-state index in [2.05, 4.69) is 10.1 Å². The van der Waals surface area contributed by atoms with Crippen LogP contribution in [0.1, 0.15) is 13.8 Å². The lowest BCUT2D eigenvalue weighted by atomic mass is 10.1. The maximum absolute atomic E-state index is 12.2. The molecule has 1 atom stereocenters. The average Bonchev–Trinajstić information content (AvgIpc) is 2.72. The normalized spacial score (nSPS) is 22.5. The van der Waals surface area contributed by atoms with Gasteiger partial charge in [0, 0.05) is 13.1 Å². The smallest absolute Gasteiger partial charge is 0.244 e. The zero-order valence-electron chi connectivity index (χ0n) is 11.1. The highest BCUT2D eigenvalue weighted by Gasteiger charge is 2.35. The van der Waals surface area contributed by atoms with Gasteiger partial charge in [0.05, 0.1) is 18.3 Å². The molecule has 1 unspecified atom stereocenters. The zero-order valence-corrected chi connectivity index (χ0v) is 11.1. The number of ether oxygens (including phenoxy) is 1. The van der Waals surface area contributed by atoms with Crippen molar-refractivity contribution in [3.05, 3.63) is 6.33 Å². The predicted octanol–water partition coefficient (Wildman–Crippen LogP) is -1.14. The number of amides is 1. The molecule has 1 aromatic rings. The SMILES string of the molecule is CC1(C)CN(C(=O)Cn2cnc(N)n2)CC(CO)O1. The first kappa shape index (κ1) is 13.8. The van der Waals surface area contributed by atoms with E-state index in [0.29, 0.717) is 13.1 Å². The molecule has 0 aliphatic carbocycles. The van der Waals surface area contributed by atoms with E-state index in [9.17, 15) is 9.90 Å². The third-order valence-electron chi connectivity index (χ3n) is 2.89. The monoisotopic (exact) mass is 269 g/mol. The molecule has 1 aliphatic heterocycles. The Morgan fingerprint density at radius 2 is 2.42 bits per heavy atom. The van der Waals surface area contributed by atoms with E-state index in [4.69, 9.17) is 10.5 Å². The summed E-state index contributed by atoms with van der Waals surface area (Å²) in [5, 5.41) is 13.1. The van der Waals surface area contributed by atoms with E-state index in [-0.39, 0.29) is 31.1 Å². The van der Waals surface area contributed by atoms with Crippen LogP contribution in [-0.2, 0) is 16.1 Å². The Labute approximate surface area is 111 Å². The van der Waals surface area contributed by atoms with Crippen LogP contribution in [-0.4, -0.2) is 62.1 Å². The summed E-state index contributed by atoms with van der Waals surface area (Å²) >= 11 is 0. The zero-order chi connectivity index (χ0) is 14.0. The van der Waals surface area contributed by atoms with Gasteiger partial charge in [0.25, 0.3) is 0 Å². The molecule has 106 valence electrons. The third-order valence-corrected chi connectivity index (χ3v) is 2.89. The van der Waals surface area contributed by atoms with Crippen molar-refractivity contribution in [1.29, 1.82) is 0 Å². The lowest BCUT2D eigenvalue weighted by Gasteiger charge is -2.42. The molecule has 19 heavy (non-hydrogen) atoms. The number of carbonyl (C=O) groups is 1. The van der Waals surface area contributed by atoms with Crippen LogP contribution in [0.3, 0.4) is 0 Å². The van der Waals surface area contributed by atoms with Gasteiger partial charge in [-0.15, -0.1) is 5.10 Å². The molecular formula is C11H19N5O3. The van der Waals surface area contributed by atoms with Crippen LogP contribution in [0, 0.1) is 0 Å². The van der Waals surface area contributed by atoms with Gasteiger partial charge in [-0.05, 0) is 13.8 Å². The summed E-state index contributed by atoms with van der Waals surface area (Å²) in [6, 6.07) is 0. The molecule has 3 N–H and O–H groups in total. The topological polar surface area (TPSA) is 107 Å². The maximum Gasteiger partial charge on any atom is 0.244 e. The fraction of sp³-hybridized carbons (Fsp3) is 0.727. The first-order chi connectivity index (χ1) is 8.89. The third kappa shape index (κ3) is 3.42. The molecule has 0 aromatic carbocycles. The van der Waals surface area contributed by atoms with Gasteiger partial charge < -0.3 is 20.5 Å². The van der Waals surface area contributed by atoms with Crippen molar-refractivity contribution < 1.29 is 14.6 Å². The highest BCUT2D eigenvalue weighted by Crippen LogP contribution is 2.21. The highest BCUT2D eigenvalue weighted by molar-refractivity contribution is 5.76. The fourth-order valence-corrected chi connectivity index (χ4v) is 2.20. The minimum atomic E-state index is -0.470. The van der Waals surface area contributed by atoms with E-state index < -0.39 is 5.60 Å². The predicted molar refractivity (Wildman–Crippen MR) is 67.1 cm³/mol. The Bertz CT molecular complexity index is 459. The lowest BCUT2D eigenvalue weighted by Crippen LogP contribution is -2.56. The number of nitrogens with two attached hydrogens (primary N) is 1. The van der Waals surface area contributed by atoms with Crippen molar-refractivity contribution >= 4 is 11.9 Å². The number of carbonyl (C=O) groups excluding carboxylic acids is 1. The van der Waals surface area contributed by atoms with Crippen LogP contribution in [0.5, 0.6) is 0 Å². The Morgan fingerprint density at radius 3 is 3.00 bits per heavy atom. The molecule has 2 heterocycles. The summed E-state index contributed by atoms with van der Waals surface area (Å²) in [6.07, 6.45) is 1.07. The first-order valence-electron chi connectivity index (χ1n) is 6.11. The van der Waals surface area contributed by atoms with Crippen molar-refractivity contribution in [3.8, 4) is 0 Å². The standard InChI is InChI=1S/C11H19N5O3/c1-11(2)6-15(3-8(5-17)19-11)9(18)4-16-7-13-10(12)14-16/h7-8,17H,3-6H2,1-2H3,(H2,12,14). The summed E-state index contributed by atoms with van der Waals surface area (Å²) in [5.74, 6) is 0.0445. The van der Waals surface area contributed by atoms with Crippen LogP contribution in [0.4, 0.5) is 5.95 Å². The maximum atomic E-state index is 12.2. The van der Waals surface area contributed by atoms with Crippen molar-refractivity contribution in [2.24, 2.45) is 0 Å². The number of aromatic nitrogens is 3. The van der Waals surface area contributed by atoms with Crippen LogP contribution in [0.2, 0.25) is 0 Å². The molecule has 1 fully saturated rings. The van der Waals surface area contributed by atoms with Gasteiger partial charge in [-0.1, -0.05) is 0 Å². The van der Waals surface area contributed by atoms with E-state index >= 15 is 0 Å². The van der Waals surface area contributed by atoms with Crippen LogP contribution >= 0.6 is 0 Å². The summed E-state index contributed by atoms with van der Waals surface area (Å²) in [5.41, 5.74) is 4.93. The molecule has 1 aromatic heterocycles. The van der Waals surface area contributed by atoms with Gasteiger partial charge in [0.15, 0.2) is 0 Å². The van der Waals surface area contributed by atoms with Gasteiger partial charge in [-0.3, -0.25) is 4.79 Å². The quantitative estimate of drug-likeness (QED) is 0.718. The van der Waals surface area contributed by atoms with Gasteiger partial charge in [-0.25, -0.2) is 9.67 Å². The van der Waals surface area contributed by atoms with Gasteiger partial charge in [-0.2, -0.15) is 0 Å². The first-order valence-corrected chi connectivity index (χ1v) is 6.11. The largest absolute Gasteiger partial charge is 0.394 e. The molecule has 8 nitrogen and oxygen atoms in total. The fourth-order valence-electron chi connectivity index (χ4n) is 2.20. The molecule has 8 heteroatoms. The lowest BCUT2D eigenvalue weighted by molar-refractivity contribution is -0.167. The van der Waals surface area contributed by atoms with Crippen molar-refractivity contribution in [3.63, 3.8) is 0 Å². The number of morpholine rings is 1. The summed E-state index contributed by atoms with van der Waals surface area (Å²) in [4.78, 5) is 17.6. The number of nitrogens with zero attached hydrogens (tertiary/aromatic N) is 4. The Kier molecular flexibility index (Phi) is 3.72. The number of anilines is 1. The second kappa shape index (κ2) is 5.14. The Morgan fingerprint density at radius 1 is 1.68 bits per heavy atom. The van der Waals surface area contributed by atoms with E-state index in [1.54, 1.807) is 4.90 Å².